The molecule has 4 heterocycles. The Morgan fingerprint density at radius 1 is 0.261 bits per heavy atom. The molecule has 6 nitrogen and oxygen atoms in total. The summed E-state index contributed by atoms with van der Waals surface area (Å²) in [7, 11) is 0. The molecule has 10 aromatic carbocycles. The van der Waals surface area contributed by atoms with E-state index in [-0.39, 0.29) is 0 Å². The van der Waals surface area contributed by atoms with Gasteiger partial charge in [-0.15, -0.1) is 0 Å². The highest BCUT2D eigenvalue weighted by molar-refractivity contribution is 6.18. The SMILES string of the molecule is c1ccc(-c2ccc(-c3nc(-c4ccccc4)nc(-c4cccc5c4oc4c(-c6cccc7c6oc6c(-n8c9ccccc9c9cc(-c%10ccccc%10)ccc98)cccc67)cccc45)n3)cc2)cc1. The second kappa shape index (κ2) is 15.6. The van der Waals surface area contributed by atoms with Gasteiger partial charge in [-0.05, 0) is 52.6 Å². The Balaban J connectivity index is 0.922. The van der Waals surface area contributed by atoms with Gasteiger partial charge in [0, 0.05) is 54.6 Å². The normalized spacial score (nSPS) is 11.8. The number of hydrogen-bond donors (Lipinski definition) is 0. The summed E-state index contributed by atoms with van der Waals surface area (Å²) >= 11 is 0. The number of hydrogen-bond acceptors (Lipinski definition) is 5. The molecule has 14 rings (SSSR count). The molecule has 0 aliphatic heterocycles. The van der Waals surface area contributed by atoms with Crippen molar-refractivity contribution in [3.63, 3.8) is 0 Å². The van der Waals surface area contributed by atoms with Crippen LogP contribution in [0.25, 0.3) is 139 Å². The molecule has 0 atom stereocenters. The standard InChI is InChI=1S/C63H38N4O2/c1-4-16-39(17-5-1)41-32-34-43(35-33-41)62-64-61(42-20-8-3-9-21-42)65-63(66-62)52-29-14-27-49-48-25-12-23-46(57(48)68-59(49)52)47-24-13-26-50-51-28-15-31-56(60(51)69-58(47)50)67-54-30-11-10-22-45(54)53-38-44(36-37-55(53)67)40-18-6-2-7-19-40/h1-38H. The van der Waals surface area contributed by atoms with Crippen LogP contribution in [0.3, 0.4) is 0 Å². The van der Waals surface area contributed by atoms with Crippen molar-refractivity contribution in [2.45, 2.75) is 0 Å². The summed E-state index contributed by atoms with van der Waals surface area (Å²) in [5, 5.41) is 6.43. The van der Waals surface area contributed by atoms with E-state index in [0.29, 0.717) is 23.1 Å². The molecule has 0 bridgehead atoms. The molecule has 0 radical (unpaired) electrons. The predicted octanol–water partition coefficient (Wildman–Crippen LogP) is 16.8. The number of para-hydroxylation sites is 5. The lowest BCUT2D eigenvalue weighted by Crippen LogP contribution is -2.00. The molecular weight excluding hydrogens is 845 g/mol. The number of benzene rings is 10. The van der Waals surface area contributed by atoms with Gasteiger partial charge in [0.15, 0.2) is 23.1 Å². The molecule has 322 valence electrons. The van der Waals surface area contributed by atoms with Crippen LogP contribution in [0.1, 0.15) is 0 Å². The zero-order valence-electron chi connectivity index (χ0n) is 37.0. The Hall–Kier alpha value is -9.39. The van der Waals surface area contributed by atoms with E-state index in [1.165, 1.54) is 21.9 Å². The summed E-state index contributed by atoms with van der Waals surface area (Å²) in [6, 6.07) is 80.2. The Labute approximate surface area is 396 Å². The third kappa shape index (κ3) is 6.30. The molecular formula is C63H38N4O2. The third-order valence-electron chi connectivity index (χ3n) is 13.5. The summed E-state index contributed by atoms with van der Waals surface area (Å²) in [4.78, 5) is 15.3. The van der Waals surface area contributed by atoms with E-state index in [4.69, 9.17) is 23.8 Å². The van der Waals surface area contributed by atoms with E-state index in [2.05, 4.69) is 193 Å². The van der Waals surface area contributed by atoms with E-state index in [1.54, 1.807) is 0 Å². The molecule has 0 aliphatic carbocycles. The van der Waals surface area contributed by atoms with Crippen molar-refractivity contribution in [2.75, 3.05) is 0 Å². The van der Waals surface area contributed by atoms with Crippen LogP contribution in [0.4, 0.5) is 0 Å². The molecule has 0 aliphatic rings. The minimum Gasteiger partial charge on any atom is -0.455 e. The zero-order chi connectivity index (χ0) is 45.4. The van der Waals surface area contributed by atoms with Crippen molar-refractivity contribution >= 4 is 65.7 Å². The van der Waals surface area contributed by atoms with Crippen molar-refractivity contribution in [2.24, 2.45) is 0 Å². The van der Waals surface area contributed by atoms with Gasteiger partial charge in [0.2, 0.25) is 0 Å². The first-order valence-corrected chi connectivity index (χ1v) is 23.2. The number of fused-ring (bicyclic) bond motifs is 9. The van der Waals surface area contributed by atoms with E-state index in [9.17, 15) is 0 Å². The van der Waals surface area contributed by atoms with Crippen LogP contribution in [0.5, 0.6) is 0 Å². The van der Waals surface area contributed by atoms with Crippen LogP contribution in [0.15, 0.2) is 239 Å². The zero-order valence-corrected chi connectivity index (χ0v) is 37.0. The molecule has 0 amide bonds. The smallest absolute Gasteiger partial charge is 0.167 e. The summed E-state index contributed by atoms with van der Waals surface area (Å²) in [6.07, 6.45) is 0. The van der Waals surface area contributed by atoms with Gasteiger partial charge in [-0.3, -0.25) is 0 Å². The fraction of sp³-hybridized carbons (Fsp3) is 0. The quantitative estimate of drug-likeness (QED) is 0.159. The maximum atomic E-state index is 7.15. The van der Waals surface area contributed by atoms with E-state index in [0.717, 1.165) is 94.0 Å². The lowest BCUT2D eigenvalue weighted by Gasteiger charge is -2.09. The summed E-state index contributed by atoms with van der Waals surface area (Å²) < 4.78 is 16.6. The van der Waals surface area contributed by atoms with Crippen molar-refractivity contribution in [1.82, 2.24) is 19.5 Å². The van der Waals surface area contributed by atoms with Gasteiger partial charge in [0.1, 0.15) is 16.7 Å². The largest absolute Gasteiger partial charge is 0.455 e. The van der Waals surface area contributed by atoms with Gasteiger partial charge < -0.3 is 13.4 Å². The molecule has 0 saturated heterocycles. The average molecular weight is 883 g/mol. The van der Waals surface area contributed by atoms with Gasteiger partial charge >= 0.3 is 0 Å². The monoisotopic (exact) mass is 882 g/mol. The lowest BCUT2D eigenvalue weighted by atomic mass is 9.99. The second-order valence-electron chi connectivity index (χ2n) is 17.5. The predicted molar refractivity (Wildman–Crippen MR) is 281 cm³/mol. The van der Waals surface area contributed by atoms with Crippen molar-refractivity contribution in [3.8, 4) is 73.2 Å². The van der Waals surface area contributed by atoms with Crippen LogP contribution in [-0.4, -0.2) is 19.5 Å². The summed E-state index contributed by atoms with van der Waals surface area (Å²) in [5.74, 6) is 1.71. The van der Waals surface area contributed by atoms with Crippen LogP contribution in [0, 0.1) is 0 Å². The van der Waals surface area contributed by atoms with Crippen LogP contribution < -0.4 is 0 Å². The molecule has 0 fully saturated rings. The second-order valence-corrected chi connectivity index (χ2v) is 17.5. The fourth-order valence-electron chi connectivity index (χ4n) is 10.2. The maximum Gasteiger partial charge on any atom is 0.167 e. The third-order valence-corrected chi connectivity index (χ3v) is 13.5. The van der Waals surface area contributed by atoms with Crippen molar-refractivity contribution < 1.29 is 8.83 Å². The minimum absolute atomic E-state index is 0.533. The first kappa shape index (κ1) is 38.8. The Morgan fingerprint density at radius 2 is 0.667 bits per heavy atom. The van der Waals surface area contributed by atoms with Gasteiger partial charge in [-0.25, -0.2) is 15.0 Å². The highest BCUT2D eigenvalue weighted by Gasteiger charge is 2.23. The van der Waals surface area contributed by atoms with Gasteiger partial charge in [-0.1, -0.05) is 200 Å². The molecule has 6 heteroatoms. The molecule has 0 unspecified atom stereocenters. The maximum absolute atomic E-state index is 7.15. The first-order chi connectivity index (χ1) is 34.2. The van der Waals surface area contributed by atoms with E-state index in [1.807, 2.05) is 42.5 Å². The highest BCUT2D eigenvalue weighted by atomic mass is 16.3. The van der Waals surface area contributed by atoms with Crippen LogP contribution in [-0.2, 0) is 0 Å². The first-order valence-electron chi connectivity index (χ1n) is 23.2. The Kier molecular flexibility index (Phi) is 8.79. The van der Waals surface area contributed by atoms with Crippen LogP contribution >= 0.6 is 0 Å². The molecule has 0 spiro atoms. The average Bonchev–Trinajstić information content (AvgIpc) is 4.11. The van der Waals surface area contributed by atoms with Crippen molar-refractivity contribution in [3.05, 3.63) is 231 Å². The van der Waals surface area contributed by atoms with E-state index < -0.39 is 0 Å². The number of nitrogens with zero attached hydrogens (tertiary/aromatic N) is 4. The summed E-state index contributed by atoms with van der Waals surface area (Å²) in [6.45, 7) is 0. The molecule has 4 aromatic heterocycles. The number of furan rings is 2. The Bertz CT molecular complexity index is 4290. The van der Waals surface area contributed by atoms with Gasteiger partial charge in [0.05, 0.1) is 22.3 Å². The molecule has 0 N–H and O–H groups in total. The molecule has 0 saturated carbocycles. The van der Waals surface area contributed by atoms with Gasteiger partial charge in [-0.2, -0.15) is 0 Å². The summed E-state index contributed by atoms with van der Waals surface area (Å²) in [5.41, 5.74) is 15.4. The van der Waals surface area contributed by atoms with Crippen LogP contribution in [0.2, 0.25) is 0 Å². The number of aromatic nitrogens is 4. The molecule has 14 aromatic rings. The topological polar surface area (TPSA) is 69.9 Å². The Morgan fingerprint density at radius 3 is 1.30 bits per heavy atom. The number of rotatable bonds is 7. The lowest BCUT2D eigenvalue weighted by molar-refractivity contribution is 0.664. The van der Waals surface area contributed by atoms with Gasteiger partial charge in [0.25, 0.3) is 0 Å². The minimum atomic E-state index is 0.533. The molecule has 69 heavy (non-hydrogen) atoms. The fourth-order valence-corrected chi connectivity index (χ4v) is 10.2. The van der Waals surface area contributed by atoms with Crippen molar-refractivity contribution in [1.29, 1.82) is 0 Å². The highest BCUT2D eigenvalue weighted by Crippen LogP contribution is 2.45. The van der Waals surface area contributed by atoms with E-state index >= 15 is 0 Å².